The molecule has 8 nitrogen and oxygen atoms in total. The molecule has 0 unspecified atom stereocenters. The fraction of sp³-hybridized carbons (Fsp3) is 0.545. The van der Waals surface area contributed by atoms with Crippen LogP contribution in [0.1, 0.15) is 56.3 Å². The molecule has 3 aliphatic heterocycles. The van der Waals surface area contributed by atoms with Crippen molar-refractivity contribution in [2.24, 2.45) is 0 Å². The fourth-order valence-corrected chi connectivity index (χ4v) is 5.12. The van der Waals surface area contributed by atoms with Crippen LogP contribution in [0.3, 0.4) is 0 Å². The maximum absolute atomic E-state index is 13.3. The van der Waals surface area contributed by atoms with E-state index < -0.39 is 18.2 Å². The van der Waals surface area contributed by atoms with Crippen LogP contribution in [-0.2, 0) is 19.1 Å². The van der Waals surface area contributed by atoms with Gasteiger partial charge in [-0.1, -0.05) is 12.1 Å². The number of anilines is 1. The summed E-state index contributed by atoms with van der Waals surface area (Å²) in [6.45, 7) is 3.59. The maximum atomic E-state index is 13.3. The maximum Gasteiger partial charge on any atom is 0.354 e. The molecule has 160 valence electrons. The third kappa shape index (κ3) is 2.88. The number of rotatable bonds is 3. The molecule has 3 aliphatic rings. The number of piperidine rings is 1. The molecule has 0 N–H and O–H groups in total. The second-order valence-electron chi connectivity index (χ2n) is 8.43. The van der Waals surface area contributed by atoms with Gasteiger partial charge in [0.15, 0.2) is 6.61 Å². The molecular weight excluding hydrogens is 386 g/mol. The zero-order chi connectivity index (χ0) is 21.6. The lowest BCUT2D eigenvalue weighted by Crippen LogP contribution is -2.67. The van der Waals surface area contributed by atoms with Crippen molar-refractivity contribution in [2.75, 3.05) is 18.6 Å². The number of likely N-dealkylation sites (tertiary alicyclic amines) is 1. The van der Waals surface area contributed by atoms with Crippen molar-refractivity contribution in [3.8, 4) is 0 Å². The zero-order valence-corrected chi connectivity index (χ0v) is 17.6. The van der Waals surface area contributed by atoms with E-state index in [1.807, 2.05) is 13.8 Å². The van der Waals surface area contributed by atoms with Crippen molar-refractivity contribution in [3.63, 3.8) is 0 Å². The van der Waals surface area contributed by atoms with Crippen LogP contribution in [0.2, 0.25) is 0 Å². The second kappa shape index (κ2) is 7.41. The van der Waals surface area contributed by atoms with E-state index in [0.717, 1.165) is 19.3 Å². The van der Waals surface area contributed by atoms with Crippen molar-refractivity contribution >= 4 is 29.4 Å². The number of likely N-dealkylation sites (N-methyl/N-ethyl adjacent to an activating group) is 1. The molecule has 0 bridgehead atoms. The molecule has 3 atom stereocenters. The first-order valence-corrected chi connectivity index (χ1v) is 10.5. The second-order valence-corrected chi connectivity index (χ2v) is 8.43. The lowest BCUT2D eigenvalue weighted by atomic mass is 9.97. The van der Waals surface area contributed by atoms with Crippen molar-refractivity contribution < 1.29 is 23.9 Å². The van der Waals surface area contributed by atoms with E-state index >= 15 is 0 Å². The summed E-state index contributed by atoms with van der Waals surface area (Å²) in [5.74, 6) is -1.59. The summed E-state index contributed by atoms with van der Waals surface area (Å²) in [4.78, 5) is 56.2. The Hall–Kier alpha value is -2.90. The van der Waals surface area contributed by atoms with E-state index in [9.17, 15) is 19.2 Å². The predicted octanol–water partition coefficient (Wildman–Crippen LogP) is 1.93. The van der Waals surface area contributed by atoms with Crippen molar-refractivity contribution in [2.45, 2.75) is 63.7 Å². The summed E-state index contributed by atoms with van der Waals surface area (Å²) in [7, 11) is 1.50. The minimum atomic E-state index is -1.55. The number of hydrogen-bond acceptors (Lipinski definition) is 5. The van der Waals surface area contributed by atoms with E-state index in [-0.39, 0.29) is 42.6 Å². The number of hydrogen-bond donors (Lipinski definition) is 0. The highest BCUT2D eigenvalue weighted by Gasteiger charge is 2.61. The molecule has 30 heavy (non-hydrogen) atoms. The molecular formula is C22H27N3O5. The first-order chi connectivity index (χ1) is 14.3. The largest absolute Gasteiger partial charge is 0.452 e. The lowest BCUT2D eigenvalue weighted by Gasteiger charge is -2.46. The first-order valence-electron chi connectivity index (χ1n) is 10.5. The predicted molar refractivity (Wildman–Crippen MR) is 109 cm³/mol. The summed E-state index contributed by atoms with van der Waals surface area (Å²) in [6.07, 6.45) is 3.16. The molecule has 0 aromatic heterocycles. The van der Waals surface area contributed by atoms with Gasteiger partial charge in [-0.25, -0.2) is 4.79 Å². The van der Waals surface area contributed by atoms with Gasteiger partial charge < -0.3 is 14.5 Å². The number of benzene rings is 1. The number of fused-ring (bicyclic) bond motifs is 3. The van der Waals surface area contributed by atoms with Crippen LogP contribution in [0.25, 0.3) is 0 Å². The third-order valence-corrected chi connectivity index (χ3v) is 6.68. The summed E-state index contributed by atoms with van der Waals surface area (Å²) in [5, 5.41) is 0. The number of para-hydroxylation sites is 1. The number of ether oxygens (including phenoxy) is 1. The highest BCUT2D eigenvalue weighted by atomic mass is 16.5. The van der Waals surface area contributed by atoms with Crippen LogP contribution in [0, 0.1) is 0 Å². The van der Waals surface area contributed by atoms with Gasteiger partial charge in [0.2, 0.25) is 11.6 Å². The molecule has 0 spiro atoms. The van der Waals surface area contributed by atoms with Crippen LogP contribution in [0.5, 0.6) is 0 Å². The molecule has 8 heteroatoms. The van der Waals surface area contributed by atoms with Gasteiger partial charge in [0, 0.05) is 32.0 Å². The normalized spacial score (nSPS) is 28.3. The number of esters is 1. The smallest absolute Gasteiger partial charge is 0.354 e. The van der Waals surface area contributed by atoms with E-state index in [1.165, 1.54) is 16.8 Å². The molecule has 2 saturated heterocycles. The molecule has 0 radical (unpaired) electrons. The Morgan fingerprint density at radius 2 is 1.80 bits per heavy atom. The summed E-state index contributed by atoms with van der Waals surface area (Å²) in [6, 6.07) is 6.92. The van der Waals surface area contributed by atoms with Gasteiger partial charge in [-0.2, -0.15) is 0 Å². The van der Waals surface area contributed by atoms with Gasteiger partial charge in [0.25, 0.3) is 11.8 Å². The summed E-state index contributed by atoms with van der Waals surface area (Å²) in [5.41, 5.74) is -0.780. The summed E-state index contributed by atoms with van der Waals surface area (Å²) >= 11 is 0. The van der Waals surface area contributed by atoms with Crippen molar-refractivity contribution in [1.82, 2.24) is 9.80 Å². The number of amides is 3. The van der Waals surface area contributed by atoms with Gasteiger partial charge >= 0.3 is 5.97 Å². The third-order valence-electron chi connectivity index (χ3n) is 6.68. The Balaban J connectivity index is 1.59. The zero-order valence-electron chi connectivity index (χ0n) is 17.6. The Kier molecular flexibility index (Phi) is 5.03. The molecule has 4 rings (SSSR count). The summed E-state index contributed by atoms with van der Waals surface area (Å²) < 4.78 is 5.46. The Labute approximate surface area is 175 Å². The Morgan fingerprint density at radius 3 is 2.50 bits per heavy atom. The fourth-order valence-electron chi connectivity index (χ4n) is 5.12. The monoisotopic (exact) mass is 413 g/mol. The van der Waals surface area contributed by atoms with Crippen LogP contribution in [0.4, 0.5) is 5.69 Å². The highest BCUT2D eigenvalue weighted by Crippen LogP contribution is 2.44. The van der Waals surface area contributed by atoms with Gasteiger partial charge in [0.05, 0.1) is 11.3 Å². The molecule has 1 aromatic carbocycles. The molecule has 1 aromatic rings. The van der Waals surface area contributed by atoms with Crippen LogP contribution in [-0.4, -0.2) is 64.9 Å². The van der Waals surface area contributed by atoms with E-state index in [4.69, 9.17) is 4.74 Å². The Bertz CT molecular complexity index is 906. The SMILES string of the molecule is C[C@@H]1CCC[C@@H](C)N1C(=O)COC(=O)[C@@]12CCC(=O)N1c1ccccc1C(=O)N2C. The molecule has 3 amide bonds. The number of carbonyl (C=O) groups excluding carboxylic acids is 4. The average Bonchev–Trinajstić information content (AvgIpc) is 3.08. The van der Waals surface area contributed by atoms with Crippen molar-refractivity contribution in [3.05, 3.63) is 29.8 Å². The van der Waals surface area contributed by atoms with E-state index in [2.05, 4.69) is 0 Å². The van der Waals surface area contributed by atoms with Gasteiger partial charge in [-0.3, -0.25) is 19.3 Å². The molecule has 3 heterocycles. The lowest BCUT2D eigenvalue weighted by molar-refractivity contribution is -0.163. The van der Waals surface area contributed by atoms with E-state index in [1.54, 1.807) is 29.2 Å². The minimum absolute atomic E-state index is 0.0912. The molecule has 0 saturated carbocycles. The van der Waals surface area contributed by atoms with Gasteiger partial charge in [-0.15, -0.1) is 0 Å². The van der Waals surface area contributed by atoms with E-state index in [0.29, 0.717) is 11.3 Å². The average molecular weight is 413 g/mol. The molecule has 0 aliphatic carbocycles. The quantitative estimate of drug-likeness (QED) is 0.707. The van der Waals surface area contributed by atoms with Gasteiger partial charge in [0.1, 0.15) is 0 Å². The Morgan fingerprint density at radius 1 is 1.13 bits per heavy atom. The van der Waals surface area contributed by atoms with Crippen LogP contribution >= 0.6 is 0 Å². The standard InChI is InChI=1S/C22H27N3O5/c1-14-7-6-8-15(2)24(14)19(27)13-30-21(29)22-12-11-18(26)25(22)17-10-5-4-9-16(17)20(28)23(22)3/h4-5,9-10,14-15H,6-8,11-13H2,1-3H3/t14-,15-,22-/m1/s1. The molecule has 2 fully saturated rings. The highest BCUT2D eigenvalue weighted by molar-refractivity contribution is 6.15. The first kappa shape index (κ1) is 20.4. The number of nitrogens with zero attached hydrogens (tertiary/aromatic N) is 3. The van der Waals surface area contributed by atoms with Crippen LogP contribution in [0.15, 0.2) is 24.3 Å². The van der Waals surface area contributed by atoms with Crippen LogP contribution < -0.4 is 4.90 Å². The van der Waals surface area contributed by atoms with Gasteiger partial charge in [-0.05, 0) is 45.2 Å². The minimum Gasteiger partial charge on any atom is -0.452 e. The number of carbonyl (C=O) groups is 4. The topological polar surface area (TPSA) is 87.2 Å². The van der Waals surface area contributed by atoms with Crippen molar-refractivity contribution in [1.29, 1.82) is 0 Å².